The van der Waals surface area contributed by atoms with Gasteiger partial charge in [-0.3, -0.25) is 0 Å². The molecule has 0 fully saturated rings. The number of hydrogen-bond donors (Lipinski definition) is 2. The van der Waals surface area contributed by atoms with Crippen molar-refractivity contribution in [2.45, 2.75) is 6.42 Å². The van der Waals surface area contributed by atoms with Crippen LogP contribution in [0.2, 0.25) is 0 Å². The second-order valence-corrected chi connectivity index (χ2v) is 1.94. The number of rotatable bonds is 3. The van der Waals surface area contributed by atoms with E-state index in [1.54, 1.807) is 0 Å². The molecule has 0 spiro atoms. The molecule has 0 aliphatic carbocycles. The molecule has 0 saturated heterocycles. The molecule has 60 valence electrons. The van der Waals surface area contributed by atoms with Gasteiger partial charge in [-0.15, -0.1) is 0 Å². The summed E-state index contributed by atoms with van der Waals surface area (Å²) in [5, 5.41) is 18.7. The van der Waals surface area contributed by atoms with Crippen LogP contribution in [0.3, 0.4) is 0 Å². The molecule has 0 amide bonds. The Bertz CT molecular complexity index is 257. The molecular formula is C5H7N3O3. The fourth-order valence-electron chi connectivity index (χ4n) is 0.767. The van der Waals surface area contributed by atoms with E-state index >= 15 is 0 Å². The highest BCUT2D eigenvalue weighted by atomic mass is 16.6. The molecule has 1 aromatic heterocycles. The van der Waals surface area contributed by atoms with Crippen molar-refractivity contribution in [3.63, 3.8) is 0 Å². The minimum atomic E-state index is -0.582. The number of aliphatic hydroxyl groups is 1. The Morgan fingerprint density at radius 1 is 1.82 bits per heavy atom. The molecule has 11 heavy (non-hydrogen) atoms. The van der Waals surface area contributed by atoms with Crippen LogP contribution < -0.4 is 0 Å². The molecule has 0 aliphatic rings. The first-order chi connectivity index (χ1) is 5.25. The van der Waals surface area contributed by atoms with Crippen LogP contribution >= 0.6 is 0 Å². The maximum atomic E-state index is 10.2. The number of nitrogens with one attached hydrogen (secondary N) is 1. The molecule has 1 aromatic rings. The van der Waals surface area contributed by atoms with Gasteiger partial charge in [0.2, 0.25) is 6.33 Å². The number of imidazole rings is 1. The predicted molar refractivity (Wildman–Crippen MR) is 36.0 cm³/mol. The van der Waals surface area contributed by atoms with Crippen LogP contribution in [0.25, 0.3) is 0 Å². The van der Waals surface area contributed by atoms with E-state index in [-0.39, 0.29) is 18.8 Å². The number of hydrogen-bond acceptors (Lipinski definition) is 4. The van der Waals surface area contributed by atoms with E-state index in [0.717, 1.165) is 0 Å². The van der Waals surface area contributed by atoms with Crippen molar-refractivity contribution in [2.24, 2.45) is 0 Å². The van der Waals surface area contributed by atoms with Crippen molar-refractivity contribution in [3.8, 4) is 0 Å². The lowest BCUT2D eigenvalue weighted by atomic mass is 10.3. The van der Waals surface area contributed by atoms with Crippen LogP contribution in [0.1, 0.15) is 5.69 Å². The van der Waals surface area contributed by atoms with Gasteiger partial charge in [-0.05, 0) is 9.91 Å². The number of nitro groups is 1. The zero-order valence-electron chi connectivity index (χ0n) is 5.65. The van der Waals surface area contributed by atoms with Crippen LogP contribution in [0.4, 0.5) is 5.82 Å². The van der Waals surface area contributed by atoms with Crippen molar-refractivity contribution in [1.29, 1.82) is 0 Å². The van der Waals surface area contributed by atoms with Crippen LogP contribution in [0.5, 0.6) is 0 Å². The smallest absolute Gasteiger partial charge is 0.384 e. The van der Waals surface area contributed by atoms with Crippen LogP contribution in [-0.4, -0.2) is 26.6 Å². The summed E-state index contributed by atoms with van der Waals surface area (Å²) in [4.78, 5) is 15.7. The van der Waals surface area contributed by atoms with Crippen LogP contribution in [0, 0.1) is 10.1 Å². The van der Waals surface area contributed by atoms with Gasteiger partial charge in [0.15, 0.2) is 0 Å². The highest BCUT2D eigenvalue weighted by Gasteiger charge is 2.15. The minimum absolute atomic E-state index is 0.122. The van der Waals surface area contributed by atoms with Crippen LogP contribution in [-0.2, 0) is 6.42 Å². The first-order valence-electron chi connectivity index (χ1n) is 3.03. The van der Waals surface area contributed by atoms with Crippen LogP contribution in [0.15, 0.2) is 6.33 Å². The summed E-state index contributed by atoms with van der Waals surface area (Å²) in [6.07, 6.45) is 1.47. The molecule has 0 aliphatic heterocycles. The monoisotopic (exact) mass is 157 g/mol. The van der Waals surface area contributed by atoms with Gasteiger partial charge in [0.1, 0.15) is 5.69 Å². The Balaban J connectivity index is 2.87. The number of aromatic nitrogens is 2. The first-order valence-corrected chi connectivity index (χ1v) is 3.03. The molecule has 0 radical (unpaired) electrons. The Morgan fingerprint density at radius 3 is 3.09 bits per heavy atom. The molecule has 6 nitrogen and oxygen atoms in total. The molecule has 1 rings (SSSR count). The van der Waals surface area contributed by atoms with E-state index in [1.165, 1.54) is 6.33 Å². The average molecular weight is 157 g/mol. The summed E-state index contributed by atoms with van der Waals surface area (Å²) in [5.41, 5.74) is 0.359. The Kier molecular flexibility index (Phi) is 2.17. The first kappa shape index (κ1) is 7.67. The Labute approximate surface area is 62.0 Å². The van der Waals surface area contributed by atoms with Gasteiger partial charge < -0.3 is 20.2 Å². The van der Waals surface area contributed by atoms with Gasteiger partial charge in [-0.2, -0.15) is 0 Å². The molecule has 2 N–H and O–H groups in total. The standard InChI is InChI=1S/C5H7N3O3/c9-2-1-4-5(8(10)11)7-3-6-4/h3,9H,1-2H2,(H,6,7). The van der Waals surface area contributed by atoms with E-state index in [4.69, 9.17) is 5.11 Å². The van der Waals surface area contributed by atoms with Gasteiger partial charge in [0.25, 0.3) is 0 Å². The SMILES string of the molecule is O=[N+]([O-])c1nc[nH]c1CCO. The quantitative estimate of drug-likeness (QED) is 0.471. The van der Waals surface area contributed by atoms with Gasteiger partial charge in [0, 0.05) is 13.0 Å². The molecule has 0 aromatic carbocycles. The number of nitrogens with zero attached hydrogens (tertiary/aromatic N) is 2. The van der Waals surface area contributed by atoms with Crippen molar-refractivity contribution in [3.05, 3.63) is 22.1 Å². The summed E-state index contributed by atoms with van der Waals surface area (Å²) in [7, 11) is 0. The van der Waals surface area contributed by atoms with Gasteiger partial charge in [0.05, 0.1) is 0 Å². The number of aromatic amines is 1. The lowest BCUT2D eigenvalue weighted by Crippen LogP contribution is -1.97. The van der Waals surface area contributed by atoms with Crippen molar-refractivity contribution >= 4 is 5.82 Å². The second kappa shape index (κ2) is 3.11. The Hall–Kier alpha value is -1.43. The maximum Gasteiger partial charge on any atom is 0.384 e. The van der Waals surface area contributed by atoms with Crippen molar-refractivity contribution in [2.75, 3.05) is 6.61 Å². The number of H-pyrrole nitrogens is 1. The van der Waals surface area contributed by atoms with Gasteiger partial charge in [-0.25, -0.2) is 0 Å². The maximum absolute atomic E-state index is 10.2. The summed E-state index contributed by atoms with van der Waals surface area (Å²) in [6, 6.07) is 0. The zero-order valence-corrected chi connectivity index (χ0v) is 5.65. The molecule has 0 unspecified atom stereocenters. The lowest BCUT2D eigenvalue weighted by Gasteiger charge is -1.92. The summed E-state index contributed by atoms with van der Waals surface area (Å²) in [5.74, 6) is -0.209. The van der Waals surface area contributed by atoms with Crippen molar-refractivity contribution in [1.82, 2.24) is 9.97 Å². The average Bonchev–Trinajstić information content (AvgIpc) is 2.36. The normalized spacial score (nSPS) is 9.91. The zero-order chi connectivity index (χ0) is 8.27. The number of aliphatic hydroxyl groups excluding tert-OH is 1. The molecule has 0 saturated carbocycles. The highest BCUT2D eigenvalue weighted by molar-refractivity contribution is 5.25. The molecule has 0 bridgehead atoms. The minimum Gasteiger partial charge on any atom is -0.396 e. The van der Waals surface area contributed by atoms with Gasteiger partial charge >= 0.3 is 5.82 Å². The third kappa shape index (κ3) is 1.53. The third-order valence-corrected chi connectivity index (χ3v) is 1.23. The molecule has 6 heteroatoms. The third-order valence-electron chi connectivity index (χ3n) is 1.23. The summed E-state index contributed by atoms with van der Waals surface area (Å²) >= 11 is 0. The molecule has 1 heterocycles. The molecular weight excluding hydrogens is 150 g/mol. The van der Waals surface area contributed by atoms with Crippen molar-refractivity contribution < 1.29 is 10.0 Å². The highest BCUT2D eigenvalue weighted by Crippen LogP contribution is 2.11. The van der Waals surface area contributed by atoms with E-state index in [1.807, 2.05) is 0 Å². The van der Waals surface area contributed by atoms with E-state index < -0.39 is 4.92 Å². The lowest BCUT2D eigenvalue weighted by molar-refractivity contribution is -0.390. The fraction of sp³-hybridized carbons (Fsp3) is 0.400. The van der Waals surface area contributed by atoms with E-state index in [2.05, 4.69) is 9.97 Å². The van der Waals surface area contributed by atoms with Gasteiger partial charge in [-0.1, -0.05) is 0 Å². The Morgan fingerprint density at radius 2 is 2.55 bits per heavy atom. The molecule has 0 atom stereocenters. The predicted octanol–water partition coefficient (Wildman–Crippen LogP) is -0.147. The fourth-order valence-corrected chi connectivity index (χ4v) is 0.767. The largest absolute Gasteiger partial charge is 0.396 e. The summed E-state index contributed by atoms with van der Waals surface area (Å²) in [6.45, 7) is -0.122. The second-order valence-electron chi connectivity index (χ2n) is 1.94. The van der Waals surface area contributed by atoms with E-state index in [9.17, 15) is 10.1 Å². The summed E-state index contributed by atoms with van der Waals surface area (Å²) < 4.78 is 0. The van der Waals surface area contributed by atoms with E-state index in [0.29, 0.717) is 5.69 Å². The topological polar surface area (TPSA) is 92.0 Å².